The Kier molecular flexibility index (Phi) is 3.75. The fourth-order valence-corrected chi connectivity index (χ4v) is 2.97. The van der Waals surface area contributed by atoms with Gasteiger partial charge in [-0.25, -0.2) is 9.78 Å². The Labute approximate surface area is 122 Å². The summed E-state index contributed by atoms with van der Waals surface area (Å²) in [5, 5.41) is 20.2. The van der Waals surface area contributed by atoms with E-state index in [9.17, 15) is 9.90 Å². The monoisotopic (exact) mass is 286 g/mol. The fourth-order valence-electron chi connectivity index (χ4n) is 2.97. The van der Waals surface area contributed by atoms with E-state index in [1.165, 1.54) is 0 Å². The molecule has 1 aliphatic heterocycles. The van der Waals surface area contributed by atoms with E-state index in [0.717, 1.165) is 42.5 Å². The number of hydrogen-bond donors (Lipinski definition) is 2. The van der Waals surface area contributed by atoms with Crippen LogP contribution in [0.1, 0.15) is 23.3 Å². The van der Waals surface area contributed by atoms with Gasteiger partial charge in [0.05, 0.1) is 0 Å². The molecule has 3 rings (SSSR count). The number of aromatic nitrogens is 1. The maximum absolute atomic E-state index is 11.3. The zero-order chi connectivity index (χ0) is 14.8. The molecule has 21 heavy (non-hydrogen) atoms. The van der Waals surface area contributed by atoms with Crippen LogP contribution in [0.4, 0.5) is 5.82 Å². The number of nitrogens with zero attached hydrogens (tertiary/aromatic N) is 2. The number of hydrogen-bond acceptors (Lipinski definition) is 4. The highest BCUT2D eigenvalue weighted by atomic mass is 16.4. The van der Waals surface area contributed by atoms with E-state index in [1.54, 1.807) is 6.07 Å². The number of benzene rings is 1. The molecule has 1 aliphatic rings. The van der Waals surface area contributed by atoms with E-state index < -0.39 is 5.97 Å². The van der Waals surface area contributed by atoms with Crippen LogP contribution in [0.15, 0.2) is 30.3 Å². The Bertz CT molecular complexity index is 672. The third-order valence-corrected chi connectivity index (χ3v) is 4.06. The van der Waals surface area contributed by atoms with Gasteiger partial charge in [0.2, 0.25) is 0 Å². The molecule has 0 aliphatic carbocycles. The maximum atomic E-state index is 11.3. The lowest BCUT2D eigenvalue weighted by Gasteiger charge is -2.20. The zero-order valence-electron chi connectivity index (χ0n) is 11.7. The summed E-state index contributed by atoms with van der Waals surface area (Å²) in [6.07, 6.45) is 1.79. The van der Waals surface area contributed by atoms with Gasteiger partial charge in [-0.2, -0.15) is 0 Å². The molecule has 5 heteroatoms. The van der Waals surface area contributed by atoms with Crippen LogP contribution in [0, 0.1) is 5.92 Å². The average Bonchev–Trinajstić information content (AvgIpc) is 2.95. The number of fused-ring (bicyclic) bond motifs is 1. The molecule has 110 valence electrons. The molecule has 0 saturated carbocycles. The van der Waals surface area contributed by atoms with Crippen LogP contribution in [0.25, 0.3) is 10.8 Å². The van der Waals surface area contributed by atoms with Gasteiger partial charge >= 0.3 is 5.97 Å². The molecule has 1 atom stereocenters. The third-order valence-electron chi connectivity index (χ3n) is 4.06. The van der Waals surface area contributed by atoms with Gasteiger partial charge in [0, 0.05) is 25.1 Å². The highest BCUT2D eigenvalue weighted by Crippen LogP contribution is 2.30. The minimum atomic E-state index is -1.01. The smallest absolute Gasteiger partial charge is 0.354 e. The van der Waals surface area contributed by atoms with Crippen molar-refractivity contribution >= 4 is 22.6 Å². The number of carboxylic acid groups (broad SMARTS) is 1. The van der Waals surface area contributed by atoms with Crippen molar-refractivity contribution in [2.45, 2.75) is 12.8 Å². The molecule has 1 aromatic heterocycles. The Morgan fingerprint density at radius 1 is 1.38 bits per heavy atom. The highest BCUT2D eigenvalue weighted by Gasteiger charge is 2.25. The molecule has 1 saturated heterocycles. The van der Waals surface area contributed by atoms with Crippen LogP contribution < -0.4 is 4.90 Å². The van der Waals surface area contributed by atoms with Crippen LogP contribution in [0.5, 0.6) is 0 Å². The molecule has 1 aromatic carbocycles. The van der Waals surface area contributed by atoms with Crippen LogP contribution in [-0.4, -0.2) is 40.9 Å². The Morgan fingerprint density at radius 3 is 2.95 bits per heavy atom. The standard InChI is InChI=1S/C16H18N2O3/c19-8-6-11-5-7-18(10-11)15-13-4-2-1-3-12(13)9-14(17-15)16(20)21/h1-4,9,11,19H,5-8,10H2,(H,20,21). The zero-order valence-corrected chi connectivity index (χ0v) is 11.7. The maximum Gasteiger partial charge on any atom is 0.354 e. The number of aliphatic hydroxyl groups is 1. The summed E-state index contributed by atoms with van der Waals surface area (Å²) in [7, 11) is 0. The SMILES string of the molecule is O=C(O)c1cc2ccccc2c(N2CCC(CCO)C2)n1. The van der Waals surface area contributed by atoms with E-state index in [1.807, 2.05) is 24.3 Å². The summed E-state index contributed by atoms with van der Waals surface area (Å²) in [6, 6.07) is 9.34. The lowest BCUT2D eigenvalue weighted by Crippen LogP contribution is -2.22. The highest BCUT2D eigenvalue weighted by molar-refractivity contribution is 5.98. The first-order chi connectivity index (χ1) is 10.2. The average molecular weight is 286 g/mol. The van der Waals surface area contributed by atoms with E-state index in [-0.39, 0.29) is 12.3 Å². The van der Waals surface area contributed by atoms with Crippen molar-refractivity contribution in [3.63, 3.8) is 0 Å². The fraction of sp³-hybridized carbons (Fsp3) is 0.375. The lowest BCUT2D eigenvalue weighted by atomic mass is 10.1. The van der Waals surface area contributed by atoms with Crippen molar-refractivity contribution in [1.82, 2.24) is 4.98 Å². The van der Waals surface area contributed by atoms with Gasteiger partial charge in [-0.3, -0.25) is 0 Å². The third kappa shape index (κ3) is 2.69. The molecule has 0 bridgehead atoms. The van der Waals surface area contributed by atoms with Gasteiger partial charge < -0.3 is 15.1 Å². The first kappa shape index (κ1) is 13.8. The number of pyridine rings is 1. The molecule has 1 unspecified atom stereocenters. The number of rotatable bonds is 4. The van der Waals surface area contributed by atoms with Crippen molar-refractivity contribution in [2.75, 3.05) is 24.6 Å². The predicted octanol–water partition coefficient (Wildman–Crippen LogP) is 2.14. The van der Waals surface area contributed by atoms with Gasteiger partial charge in [0.1, 0.15) is 5.82 Å². The van der Waals surface area contributed by atoms with Crippen LogP contribution in [0.2, 0.25) is 0 Å². The van der Waals surface area contributed by atoms with Crippen molar-refractivity contribution in [2.24, 2.45) is 5.92 Å². The second kappa shape index (κ2) is 5.69. The molecule has 0 spiro atoms. The molecule has 0 amide bonds. The Morgan fingerprint density at radius 2 is 2.19 bits per heavy atom. The summed E-state index contributed by atoms with van der Waals surface area (Å²) in [6.45, 7) is 1.87. The summed E-state index contributed by atoms with van der Waals surface area (Å²) in [5.41, 5.74) is 0.0781. The van der Waals surface area contributed by atoms with Crippen molar-refractivity contribution < 1.29 is 15.0 Å². The molecule has 5 nitrogen and oxygen atoms in total. The van der Waals surface area contributed by atoms with E-state index >= 15 is 0 Å². The Balaban J connectivity index is 2.02. The van der Waals surface area contributed by atoms with Gasteiger partial charge in [0.25, 0.3) is 0 Å². The summed E-state index contributed by atoms with van der Waals surface area (Å²) >= 11 is 0. The van der Waals surface area contributed by atoms with Crippen molar-refractivity contribution in [3.05, 3.63) is 36.0 Å². The second-order valence-electron chi connectivity index (χ2n) is 5.47. The number of aromatic carboxylic acids is 1. The molecule has 2 heterocycles. The van der Waals surface area contributed by atoms with Gasteiger partial charge in [0.15, 0.2) is 5.69 Å². The summed E-state index contributed by atoms with van der Waals surface area (Å²) in [4.78, 5) is 17.7. The number of carbonyl (C=O) groups is 1. The molecule has 2 N–H and O–H groups in total. The van der Waals surface area contributed by atoms with E-state index in [4.69, 9.17) is 5.11 Å². The minimum Gasteiger partial charge on any atom is -0.477 e. The first-order valence-electron chi connectivity index (χ1n) is 7.18. The molecular weight excluding hydrogens is 268 g/mol. The molecule has 1 fully saturated rings. The Hall–Kier alpha value is -2.14. The predicted molar refractivity (Wildman–Crippen MR) is 80.7 cm³/mol. The van der Waals surface area contributed by atoms with Crippen LogP contribution in [0.3, 0.4) is 0 Å². The molecule has 0 radical (unpaired) electrons. The first-order valence-corrected chi connectivity index (χ1v) is 7.18. The second-order valence-corrected chi connectivity index (χ2v) is 5.47. The summed E-state index contributed by atoms with van der Waals surface area (Å²) in [5.74, 6) is 0.183. The number of aliphatic hydroxyl groups excluding tert-OH is 1. The van der Waals surface area contributed by atoms with Crippen LogP contribution >= 0.6 is 0 Å². The van der Waals surface area contributed by atoms with Crippen molar-refractivity contribution in [3.8, 4) is 0 Å². The molecule has 2 aromatic rings. The topological polar surface area (TPSA) is 73.7 Å². The lowest BCUT2D eigenvalue weighted by molar-refractivity contribution is 0.0691. The number of anilines is 1. The van der Waals surface area contributed by atoms with E-state index in [0.29, 0.717) is 5.92 Å². The summed E-state index contributed by atoms with van der Waals surface area (Å²) < 4.78 is 0. The minimum absolute atomic E-state index is 0.0781. The normalized spacial score (nSPS) is 18.3. The van der Waals surface area contributed by atoms with E-state index in [2.05, 4.69) is 9.88 Å². The van der Waals surface area contributed by atoms with Gasteiger partial charge in [-0.15, -0.1) is 0 Å². The largest absolute Gasteiger partial charge is 0.477 e. The van der Waals surface area contributed by atoms with Crippen molar-refractivity contribution in [1.29, 1.82) is 0 Å². The number of carboxylic acids is 1. The quantitative estimate of drug-likeness (QED) is 0.901. The molecular formula is C16H18N2O3. The van der Waals surface area contributed by atoms with Crippen LogP contribution in [-0.2, 0) is 0 Å². The van der Waals surface area contributed by atoms with Gasteiger partial charge in [-0.05, 0) is 30.2 Å². The van der Waals surface area contributed by atoms with Gasteiger partial charge in [-0.1, -0.05) is 24.3 Å².